The molecular formula is C15H22N4. The number of nitrogens with zero attached hydrogens (tertiary/aromatic N) is 3. The highest BCUT2D eigenvalue weighted by molar-refractivity contribution is 5.35. The van der Waals surface area contributed by atoms with E-state index < -0.39 is 0 Å². The van der Waals surface area contributed by atoms with Crippen LogP contribution >= 0.6 is 0 Å². The Labute approximate surface area is 114 Å². The maximum atomic E-state index is 4.20. The van der Waals surface area contributed by atoms with Crippen LogP contribution in [-0.2, 0) is 13.0 Å². The van der Waals surface area contributed by atoms with Gasteiger partial charge in [-0.3, -0.25) is 0 Å². The fraction of sp³-hybridized carbons (Fsp3) is 0.467. The van der Waals surface area contributed by atoms with E-state index in [9.17, 15) is 0 Å². The molecule has 0 spiro atoms. The van der Waals surface area contributed by atoms with Crippen molar-refractivity contribution in [3.63, 3.8) is 0 Å². The Morgan fingerprint density at radius 3 is 2.89 bits per heavy atom. The maximum Gasteiger partial charge on any atom is 0.0969 e. The summed E-state index contributed by atoms with van der Waals surface area (Å²) in [6.45, 7) is 8.31. The average molecular weight is 258 g/mol. The highest BCUT2D eigenvalue weighted by Gasteiger charge is 2.03. The van der Waals surface area contributed by atoms with E-state index in [0.29, 0.717) is 5.92 Å². The Balaban J connectivity index is 2.03. The zero-order valence-corrected chi connectivity index (χ0v) is 11.9. The number of hydrogen-bond acceptors (Lipinski definition) is 3. The van der Waals surface area contributed by atoms with Gasteiger partial charge in [-0.05, 0) is 36.6 Å². The third-order valence-corrected chi connectivity index (χ3v) is 2.98. The van der Waals surface area contributed by atoms with Crippen molar-refractivity contribution in [2.45, 2.75) is 33.7 Å². The van der Waals surface area contributed by atoms with Gasteiger partial charge in [-0.2, -0.15) is 0 Å². The predicted molar refractivity (Wildman–Crippen MR) is 77.3 cm³/mol. The van der Waals surface area contributed by atoms with Gasteiger partial charge in [0.2, 0.25) is 0 Å². The van der Waals surface area contributed by atoms with Crippen LogP contribution in [0.5, 0.6) is 0 Å². The van der Waals surface area contributed by atoms with Crippen LogP contribution in [0.1, 0.15) is 32.0 Å². The Morgan fingerprint density at radius 2 is 2.16 bits per heavy atom. The molecule has 2 aromatic rings. The minimum absolute atomic E-state index is 0.649. The highest BCUT2D eigenvalue weighted by atomic mass is 15.4. The minimum atomic E-state index is 0.649. The Morgan fingerprint density at radius 1 is 1.32 bits per heavy atom. The Hall–Kier alpha value is -1.68. The Bertz CT molecular complexity index is 516. The van der Waals surface area contributed by atoms with Crippen LogP contribution in [0.4, 0.5) is 0 Å². The van der Waals surface area contributed by atoms with Crippen LogP contribution < -0.4 is 5.32 Å². The van der Waals surface area contributed by atoms with Crippen molar-refractivity contribution in [1.82, 2.24) is 20.3 Å². The summed E-state index contributed by atoms with van der Waals surface area (Å²) in [5.41, 5.74) is 3.36. The fourth-order valence-corrected chi connectivity index (χ4v) is 1.91. The topological polar surface area (TPSA) is 42.7 Å². The molecule has 0 radical (unpaired) electrons. The van der Waals surface area contributed by atoms with E-state index >= 15 is 0 Å². The molecule has 4 nitrogen and oxygen atoms in total. The van der Waals surface area contributed by atoms with Crippen LogP contribution in [-0.4, -0.2) is 21.5 Å². The number of aryl methyl sites for hydroxylation is 1. The zero-order chi connectivity index (χ0) is 13.7. The molecule has 4 heteroatoms. The smallest absolute Gasteiger partial charge is 0.0969 e. The number of hydrogen-bond donors (Lipinski definition) is 1. The number of nitrogens with one attached hydrogen (secondary N) is 1. The summed E-state index contributed by atoms with van der Waals surface area (Å²) < 4.78 is 1.84. The lowest BCUT2D eigenvalue weighted by Gasteiger charge is -2.04. The van der Waals surface area contributed by atoms with Crippen molar-refractivity contribution in [2.75, 3.05) is 6.54 Å². The van der Waals surface area contributed by atoms with Crippen molar-refractivity contribution < 1.29 is 0 Å². The molecule has 0 aliphatic carbocycles. The van der Waals surface area contributed by atoms with Crippen LogP contribution in [0.25, 0.3) is 5.69 Å². The van der Waals surface area contributed by atoms with E-state index in [1.807, 2.05) is 10.9 Å². The molecule has 0 aliphatic heterocycles. The van der Waals surface area contributed by atoms with Gasteiger partial charge in [0.15, 0.2) is 0 Å². The first-order valence-corrected chi connectivity index (χ1v) is 6.90. The largest absolute Gasteiger partial charge is 0.311 e. The van der Waals surface area contributed by atoms with Crippen LogP contribution in [0.2, 0.25) is 0 Å². The highest BCUT2D eigenvalue weighted by Crippen LogP contribution is 2.10. The molecular weight excluding hydrogens is 236 g/mol. The third kappa shape index (κ3) is 3.89. The van der Waals surface area contributed by atoms with Crippen LogP contribution in [0, 0.1) is 5.92 Å². The van der Waals surface area contributed by atoms with Gasteiger partial charge < -0.3 is 5.32 Å². The van der Waals surface area contributed by atoms with Gasteiger partial charge in [-0.25, -0.2) is 4.68 Å². The molecule has 1 aromatic carbocycles. The summed E-state index contributed by atoms with van der Waals surface area (Å²) in [5, 5.41) is 11.8. The molecule has 1 aromatic heterocycles. The molecule has 19 heavy (non-hydrogen) atoms. The Kier molecular flexibility index (Phi) is 4.68. The van der Waals surface area contributed by atoms with Gasteiger partial charge in [0.25, 0.3) is 0 Å². The first-order valence-electron chi connectivity index (χ1n) is 6.90. The summed E-state index contributed by atoms with van der Waals surface area (Å²) in [5.74, 6) is 0.649. The SMILES string of the molecule is CCc1cccc(-n2cc(CNCC(C)C)nn2)c1. The lowest BCUT2D eigenvalue weighted by Crippen LogP contribution is -2.19. The monoisotopic (exact) mass is 258 g/mol. The predicted octanol–water partition coefficient (Wildman–Crippen LogP) is 2.58. The lowest BCUT2D eigenvalue weighted by molar-refractivity contribution is 0.548. The summed E-state index contributed by atoms with van der Waals surface area (Å²) in [6.07, 6.45) is 3.02. The second kappa shape index (κ2) is 6.48. The molecule has 0 unspecified atom stereocenters. The molecule has 2 rings (SSSR count). The quantitative estimate of drug-likeness (QED) is 0.866. The molecule has 0 aliphatic rings. The van der Waals surface area contributed by atoms with Crippen molar-refractivity contribution in [3.8, 4) is 5.69 Å². The second-order valence-electron chi connectivity index (χ2n) is 5.20. The summed E-state index contributed by atoms with van der Waals surface area (Å²) in [7, 11) is 0. The van der Waals surface area contributed by atoms with Crippen molar-refractivity contribution in [2.24, 2.45) is 5.92 Å². The maximum absolute atomic E-state index is 4.20. The van der Waals surface area contributed by atoms with E-state index in [1.165, 1.54) is 5.56 Å². The van der Waals surface area contributed by atoms with E-state index in [2.05, 4.69) is 60.7 Å². The normalized spacial score (nSPS) is 11.2. The second-order valence-corrected chi connectivity index (χ2v) is 5.20. The van der Waals surface area contributed by atoms with E-state index in [4.69, 9.17) is 0 Å². The average Bonchev–Trinajstić information content (AvgIpc) is 2.87. The van der Waals surface area contributed by atoms with E-state index in [0.717, 1.165) is 30.9 Å². The minimum Gasteiger partial charge on any atom is -0.311 e. The van der Waals surface area contributed by atoms with Crippen LogP contribution in [0.3, 0.4) is 0 Å². The molecule has 102 valence electrons. The molecule has 0 saturated carbocycles. The summed E-state index contributed by atoms with van der Waals surface area (Å²) in [6, 6.07) is 8.40. The van der Waals surface area contributed by atoms with E-state index in [1.54, 1.807) is 0 Å². The number of benzene rings is 1. The van der Waals surface area contributed by atoms with Gasteiger partial charge in [0.1, 0.15) is 0 Å². The van der Waals surface area contributed by atoms with Crippen molar-refractivity contribution in [3.05, 3.63) is 41.7 Å². The third-order valence-electron chi connectivity index (χ3n) is 2.98. The molecule has 0 saturated heterocycles. The fourth-order valence-electron chi connectivity index (χ4n) is 1.91. The summed E-state index contributed by atoms with van der Waals surface area (Å²) in [4.78, 5) is 0. The lowest BCUT2D eigenvalue weighted by atomic mass is 10.1. The van der Waals surface area contributed by atoms with Gasteiger partial charge in [0, 0.05) is 6.54 Å². The summed E-state index contributed by atoms with van der Waals surface area (Å²) >= 11 is 0. The molecule has 0 bridgehead atoms. The first-order chi connectivity index (χ1) is 9.19. The number of rotatable bonds is 6. The van der Waals surface area contributed by atoms with Gasteiger partial charge in [-0.1, -0.05) is 38.1 Å². The molecule has 1 N–H and O–H groups in total. The number of aromatic nitrogens is 3. The van der Waals surface area contributed by atoms with Crippen molar-refractivity contribution in [1.29, 1.82) is 0 Å². The molecule has 0 amide bonds. The molecule has 1 heterocycles. The molecule has 0 fully saturated rings. The van der Waals surface area contributed by atoms with Crippen molar-refractivity contribution >= 4 is 0 Å². The zero-order valence-electron chi connectivity index (χ0n) is 11.9. The van der Waals surface area contributed by atoms with Gasteiger partial charge >= 0.3 is 0 Å². The van der Waals surface area contributed by atoms with E-state index in [-0.39, 0.29) is 0 Å². The van der Waals surface area contributed by atoms with Gasteiger partial charge in [-0.15, -0.1) is 5.10 Å². The van der Waals surface area contributed by atoms with Gasteiger partial charge in [0.05, 0.1) is 17.6 Å². The standard InChI is InChI=1S/C15H22N4/c1-4-13-6-5-7-15(8-13)19-11-14(17-18-19)10-16-9-12(2)3/h5-8,11-12,16H,4,9-10H2,1-3H3. The first kappa shape index (κ1) is 13.7. The molecule has 0 atom stereocenters. The van der Waals surface area contributed by atoms with Crippen LogP contribution in [0.15, 0.2) is 30.5 Å².